The second-order valence-corrected chi connectivity index (χ2v) is 6.12. The lowest BCUT2D eigenvalue weighted by Crippen LogP contribution is -2.31. The van der Waals surface area contributed by atoms with Gasteiger partial charge in [-0.25, -0.2) is 8.42 Å². The standard InChI is InChI=1S/C12H18N2O2S/c1-2-8-14-9-5-10-17(15,16)13-11-6-3-4-7-12(11)14/h3-4,6-7,13H,2,5,8-10H2,1H3. The van der Waals surface area contributed by atoms with Gasteiger partial charge < -0.3 is 4.90 Å². The number of nitrogens with one attached hydrogen (secondary N) is 1. The zero-order valence-corrected chi connectivity index (χ0v) is 10.8. The van der Waals surface area contributed by atoms with E-state index in [2.05, 4.69) is 16.5 Å². The third-order valence-corrected chi connectivity index (χ3v) is 4.20. The molecule has 2 rings (SSSR count). The Morgan fingerprint density at radius 3 is 2.88 bits per heavy atom. The molecule has 1 aromatic rings. The first-order valence-electron chi connectivity index (χ1n) is 5.97. The molecule has 0 radical (unpaired) electrons. The summed E-state index contributed by atoms with van der Waals surface area (Å²) in [5.74, 6) is 0.196. The van der Waals surface area contributed by atoms with Crippen molar-refractivity contribution >= 4 is 21.4 Å². The molecular formula is C12H18N2O2S. The number of fused-ring (bicyclic) bond motifs is 1. The highest BCUT2D eigenvalue weighted by Crippen LogP contribution is 2.28. The van der Waals surface area contributed by atoms with Crippen molar-refractivity contribution in [3.8, 4) is 0 Å². The summed E-state index contributed by atoms with van der Waals surface area (Å²) in [5, 5.41) is 0. The average Bonchev–Trinajstić information content (AvgIpc) is 2.26. The highest BCUT2D eigenvalue weighted by Gasteiger charge is 2.19. The molecule has 1 N–H and O–H groups in total. The van der Waals surface area contributed by atoms with Crippen molar-refractivity contribution in [3.05, 3.63) is 24.3 Å². The lowest BCUT2D eigenvalue weighted by atomic mass is 10.2. The molecule has 0 saturated carbocycles. The summed E-state index contributed by atoms with van der Waals surface area (Å²) in [5.41, 5.74) is 1.68. The van der Waals surface area contributed by atoms with E-state index in [0.29, 0.717) is 12.1 Å². The van der Waals surface area contributed by atoms with Gasteiger partial charge in [0, 0.05) is 13.1 Å². The second kappa shape index (κ2) is 4.96. The maximum atomic E-state index is 11.7. The molecule has 1 aliphatic rings. The van der Waals surface area contributed by atoms with Crippen LogP contribution in [0.4, 0.5) is 11.4 Å². The first kappa shape index (κ1) is 12.2. The van der Waals surface area contributed by atoms with Crippen LogP contribution in [0.2, 0.25) is 0 Å². The van der Waals surface area contributed by atoms with E-state index in [1.165, 1.54) is 0 Å². The topological polar surface area (TPSA) is 49.4 Å². The molecule has 1 aliphatic heterocycles. The Bertz CT molecular complexity index is 485. The van der Waals surface area contributed by atoms with E-state index in [4.69, 9.17) is 0 Å². The number of anilines is 2. The predicted molar refractivity (Wildman–Crippen MR) is 71.0 cm³/mol. The van der Waals surface area contributed by atoms with Gasteiger partial charge in [0.2, 0.25) is 10.0 Å². The SMILES string of the molecule is CCCN1CCCS(=O)(=O)Nc2ccccc21. The highest BCUT2D eigenvalue weighted by atomic mass is 32.2. The van der Waals surface area contributed by atoms with Gasteiger partial charge >= 0.3 is 0 Å². The maximum Gasteiger partial charge on any atom is 0.232 e. The predicted octanol–water partition coefficient (Wildman–Crippen LogP) is 2.05. The molecular weight excluding hydrogens is 236 g/mol. The number of nitrogens with zero attached hydrogens (tertiary/aromatic N) is 1. The van der Waals surface area contributed by atoms with E-state index in [1.54, 1.807) is 0 Å². The van der Waals surface area contributed by atoms with Crippen LogP contribution in [-0.2, 0) is 10.0 Å². The van der Waals surface area contributed by atoms with Crippen LogP contribution in [-0.4, -0.2) is 27.3 Å². The first-order chi connectivity index (χ1) is 8.12. The van der Waals surface area contributed by atoms with E-state index in [-0.39, 0.29) is 5.75 Å². The van der Waals surface area contributed by atoms with Gasteiger partial charge in [0.25, 0.3) is 0 Å². The summed E-state index contributed by atoms with van der Waals surface area (Å²) in [7, 11) is -3.17. The number of rotatable bonds is 2. The molecule has 5 heteroatoms. The lowest BCUT2D eigenvalue weighted by Gasteiger charge is -2.29. The van der Waals surface area contributed by atoms with Crippen molar-refractivity contribution in [2.75, 3.05) is 28.5 Å². The molecule has 0 aromatic heterocycles. The van der Waals surface area contributed by atoms with Crippen LogP contribution in [0.3, 0.4) is 0 Å². The van der Waals surface area contributed by atoms with E-state index in [0.717, 1.165) is 25.2 Å². The van der Waals surface area contributed by atoms with Crippen LogP contribution >= 0.6 is 0 Å². The van der Waals surface area contributed by atoms with Crippen LogP contribution in [0, 0.1) is 0 Å². The van der Waals surface area contributed by atoms with Crippen molar-refractivity contribution in [2.45, 2.75) is 19.8 Å². The first-order valence-corrected chi connectivity index (χ1v) is 7.62. The quantitative estimate of drug-likeness (QED) is 0.878. The third-order valence-electron chi connectivity index (χ3n) is 2.84. The number of para-hydroxylation sites is 2. The summed E-state index contributed by atoms with van der Waals surface area (Å²) in [6, 6.07) is 7.59. The molecule has 1 aromatic carbocycles. The zero-order chi connectivity index (χ0) is 12.3. The molecule has 4 nitrogen and oxygen atoms in total. The molecule has 0 bridgehead atoms. The number of hydrogen-bond donors (Lipinski definition) is 1. The normalized spacial score (nSPS) is 18.8. The van der Waals surface area contributed by atoms with Crippen LogP contribution in [0.25, 0.3) is 0 Å². The average molecular weight is 254 g/mol. The third kappa shape index (κ3) is 2.91. The molecule has 1 heterocycles. The van der Waals surface area contributed by atoms with E-state index in [9.17, 15) is 8.42 Å². The van der Waals surface area contributed by atoms with E-state index >= 15 is 0 Å². The van der Waals surface area contributed by atoms with E-state index in [1.807, 2.05) is 24.3 Å². The number of benzene rings is 1. The fourth-order valence-electron chi connectivity index (χ4n) is 2.12. The van der Waals surface area contributed by atoms with Crippen LogP contribution < -0.4 is 9.62 Å². The summed E-state index contributed by atoms with van der Waals surface area (Å²) in [4.78, 5) is 2.25. The number of hydrogen-bond acceptors (Lipinski definition) is 3. The summed E-state index contributed by atoms with van der Waals surface area (Å²) < 4.78 is 26.1. The molecule has 0 amide bonds. The largest absolute Gasteiger partial charge is 0.370 e. The summed E-state index contributed by atoms with van der Waals surface area (Å²) in [6.45, 7) is 3.88. The Balaban J connectivity index is 2.39. The fourth-order valence-corrected chi connectivity index (χ4v) is 3.24. The lowest BCUT2D eigenvalue weighted by molar-refractivity contribution is 0.596. The van der Waals surface area contributed by atoms with Crippen LogP contribution in [0.5, 0.6) is 0 Å². The van der Waals surface area contributed by atoms with Gasteiger partial charge in [0.05, 0.1) is 17.1 Å². The van der Waals surface area contributed by atoms with Crippen molar-refractivity contribution in [1.82, 2.24) is 0 Å². The van der Waals surface area contributed by atoms with Gasteiger partial charge in [-0.3, -0.25) is 4.72 Å². The minimum Gasteiger partial charge on any atom is -0.370 e. The minimum atomic E-state index is -3.17. The van der Waals surface area contributed by atoms with Crippen LogP contribution in [0.1, 0.15) is 19.8 Å². The van der Waals surface area contributed by atoms with Gasteiger partial charge in [-0.2, -0.15) is 0 Å². The van der Waals surface area contributed by atoms with Crippen molar-refractivity contribution in [2.24, 2.45) is 0 Å². The molecule has 0 aliphatic carbocycles. The Hall–Kier alpha value is -1.23. The second-order valence-electron chi connectivity index (χ2n) is 4.28. The summed E-state index contributed by atoms with van der Waals surface area (Å²) >= 11 is 0. The molecule has 0 atom stereocenters. The van der Waals surface area contributed by atoms with E-state index < -0.39 is 10.0 Å². The molecule has 0 fully saturated rings. The van der Waals surface area contributed by atoms with Gasteiger partial charge in [0.15, 0.2) is 0 Å². The van der Waals surface area contributed by atoms with Gasteiger partial charge in [-0.05, 0) is 25.0 Å². The zero-order valence-electron chi connectivity index (χ0n) is 10.0. The van der Waals surface area contributed by atoms with Gasteiger partial charge in [0.1, 0.15) is 0 Å². The highest BCUT2D eigenvalue weighted by molar-refractivity contribution is 7.92. The molecule has 0 saturated heterocycles. The molecule has 0 spiro atoms. The summed E-state index contributed by atoms with van der Waals surface area (Å²) in [6.07, 6.45) is 1.73. The Morgan fingerprint density at radius 2 is 2.12 bits per heavy atom. The van der Waals surface area contributed by atoms with Gasteiger partial charge in [-0.1, -0.05) is 19.1 Å². The Kier molecular flexibility index (Phi) is 3.57. The van der Waals surface area contributed by atoms with Crippen molar-refractivity contribution < 1.29 is 8.42 Å². The molecule has 94 valence electrons. The van der Waals surface area contributed by atoms with Crippen LogP contribution in [0.15, 0.2) is 24.3 Å². The monoisotopic (exact) mass is 254 g/mol. The van der Waals surface area contributed by atoms with Crippen molar-refractivity contribution in [3.63, 3.8) is 0 Å². The molecule has 0 unspecified atom stereocenters. The minimum absolute atomic E-state index is 0.196. The Labute approximate surface area is 103 Å². The maximum absolute atomic E-state index is 11.7. The van der Waals surface area contributed by atoms with Gasteiger partial charge in [-0.15, -0.1) is 0 Å². The smallest absolute Gasteiger partial charge is 0.232 e. The fraction of sp³-hybridized carbons (Fsp3) is 0.500. The van der Waals surface area contributed by atoms with Crippen molar-refractivity contribution in [1.29, 1.82) is 0 Å². The number of sulfonamides is 1. The Morgan fingerprint density at radius 1 is 1.35 bits per heavy atom. The molecule has 17 heavy (non-hydrogen) atoms.